The van der Waals surface area contributed by atoms with E-state index in [0.29, 0.717) is 5.69 Å². The van der Waals surface area contributed by atoms with E-state index in [-0.39, 0.29) is 25.0 Å². The zero-order chi connectivity index (χ0) is 21.3. The summed E-state index contributed by atoms with van der Waals surface area (Å²) < 4.78 is 5.70. The highest BCUT2D eigenvalue weighted by atomic mass is 31.2. The molecule has 9 nitrogen and oxygen atoms in total. The van der Waals surface area contributed by atoms with Gasteiger partial charge in [-0.05, 0) is 24.1 Å². The molecule has 0 aliphatic carbocycles. The molecule has 1 aliphatic rings. The number of rotatable bonds is 6. The maximum Gasteiger partial charge on any atom is 0.318 e. The summed E-state index contributed by atoms with van der Waals surface area (Å²) in [6.45, 7) is 4.00. The zero-order valence-corrected chi connectivity index (χ0v) is 17.2. The van der Waals surface area contributed by atoms with E-state index in [2.05, 4.69) is 10.6 Å². The lowest BCUT2D eigenvalue weighted by Gasteiger charge is -2.41. The fraction of sp³-hybridized carbons (Fsp3) is 0.611. The van der Waals surface area contributed by atoms with Gasteiger partial charge in [0.05, 0.1) is 12.2 Å². The molecule has 10 heteroatoms. The summed E-state index contributed by atoms with van der Waals surface area (Å²) in [4.78, 5) is 29.3. The van der Waals surface area contributed by atoms with Gasteiger partial charge in [-0.3, -0.25) is 0 Å². The summed E-state index contributed by atoms with van der Waals surface area (Å²) in [7, 11) is -0.607. The van der Waals surface area contributed by atoms with Gasteiger partial charge in [-0.1, -0.05) is 26.0 Å². The Labute approximate surface area is 166 Å². The maximum absolute atomic E-state index is 11.3. The number of hydrogen-bond donors (Lipinski definition) is 7. The molecule has 0 spiro atoms. The topological polar surface area (TPSA) is 152 Å². The van der Waals surface area contributed by atoms with Crippen LogP contribution in [0.1, 0.15) is 25.8 Å². The minimum atomic E-state index is -2.12. The summed E-state index contributed by atoms with van der Waals surface area (Å²) in [5.74, 6) is 0. The lowest BCUT2D eigenvalue weighted by molar-refractivity contribution is -0.221. The van der Waals surface area contributed by atoms with Gasteiger partial charge in [0, 0.05) is 25.3 Å². The number of benzene rings is 1. The molecule has 160 valence electrons. The molecular formula is C18H31N2O7P. The Morgan fingerprint density at radius 3 is 2.14 bits per heavy atom. The third kappa shape index (κ3) is 7.25. The second kappa shape index (κ2) is 12.3. The molecule has 0 bridgehead atoms. The highest BCUT2D eigenvalue weighted by Crippen LogP contribution is 2.30. The molecule has 2 rings (SSSR count). The van der Waals surface area contributed by atoms with Crippen molar-refractivity contribution in [3.63, 3.8) is 0 Å². The predicted molar refractivity (Wildman–Crippen MR) is 107 cm³/mol. The van der Waals surface area contributed by atoms with Crippen molar-refractivity contribution in [3.05, 3.63) is 29.8 Å². The van der Waals surface area contributed by atoms with Crippen molar-refractivity contribution < 1.29 is 34.6 Å². The Morgan fingerprint density at radius 1 is 1.04 bits per heavy atom. The number of aliphatic hydroxyl groups excluding tert-OH is 3. The lowest BCUT2D eigenvalue weighted by atomic mass is 9.90. The van der Waals surface area contributed by atoms with Crippen LogP contribution >= 0.6 is 8.38 Å². The fourth-order valence-corrected chi connectivity index (χ4v) is 3.31. The Bertz CT molecular complexity index is 588. The molecule has 28 heavy (non-hydrogen) atoms. The Balaban J connectivity index is 0.00000190. The van der Waals surface area contributed by atoms with Gasteiger partial charge in [0.2, 0.25) is 0 Å². The number of ether oxygens (including phenoxy) is 1. The minimum absolute atomic E-state index is 0.0481. The van der Waals surface area contributed by atoms with Crippen LogP contribution in [0.15, 0.2) is 24.3 Å². The SMILES string of the molecule is CC.CNC(=O)Nc1ccc(C[C@H]2OC(CCP(O)O)[C@@H](O)C(O)C2O)cc1. The van der Waals surface area contributed by atoms with Crippen molar-refractivity contribution in [3.8, 4) is 0 Å². The summed E-state index contributed by atoms with van der Waals surface area (Å²) in [5.41, 5.74) is 1.41. The van der Waals surface area contributed by atoms with Crippen molar-refractivity contribution in [2.45, 2.75) is 57.2 Å². The number of urea groups is 1. The maximum atomic E-state index is 11.3. The van der Waals surface area contributed by atoms with E-state index in [1.54, 1.807) is 24.3 Å². The number of carbonyl (C=O) groups is 1. The largest absolute Gasteiger partial charge is 0.388 e. The highest BCUT2D eigenvalue weighted by Gasteiger charge is 2.43. The van der Waals surface area contributed by atoms with Crippen molar-refractivity contribution >= 4 is 20.1 Å². The number of amides is 2. The molecular weight excluding hydrogens is 387 g/mol. The minimum Gasteiger partial charge on any atom is -0.388 e. The van der Waals surface area contributed by atoms with Crippen LogP contribution in [0.4, 0.5) is 10.5 Å². The van der Waals surface area contributed by atoms with E-state index in [0.717, 1.165) is 5.56 Å². The Hall–Kier alpha value is -1.32. The average Bonchev–Trinajstić information content (AvgIpc) is 2.70. The van der Waals surface area contributed by atoms with Crippen LogP contribution in [0.5, 0.6) is 0 Å². The van der Waals surface area contributed by atoms with E-state index >= 15 is 0 Å². The quantitative estimate of drug-likeness (QED) is 0.333. The lowest BCUT2D eigenvalue weighted by Crippen LogP contribution is -2.58. The van der Waals surface area contributed by atoms with Crippen molar-refractivity contribution in [2.24, 2.45) is 0 Å². The van der Waals surface area contributed by atoms with Crippen LogP contribution in [0, 0.1) is 0 Å². The monoisotopic (exact) mass is 418 g/mol. The smallest absolute Gasteiger partial charge is 0.318 e. The van der Waals surface area contributed by atoms with Gasteiger partial charge in [-0.2, -0.15) is 0 Å². The first kappa shape index (κ1) is 24.7. The standard InChI is InChI=1S/C16H25N2O7P.C2H6/c1-17-16(22)18-10-4-2-9(3-5-10)8-12-14(20)15(21)13(19)11(25-12)6-7-26(23)24;1-2/h2-5,11-15,19-21,23-24H,6-8H2,1H3,(H2,17,18,22);1-2H3/t11?,12-,13-,14?,15?;/m1./s1. The molecule has 2 amide bonds. The van der Waals surface area contributed by atoms with Crippen molar-refractivity contribution in [1.29, 1.82) is 0 Å². The van der Waals surface area contributed by atoms with Gasteiger partial charge in [0.1, 0.15) is 18.3 Å². The van der Waals surface area contributed by atoms with Gasteiger partial charge in [0.15, 0.2) is 8.38 Å². The number of carbonyl (C=O) groups excluding carboxylic acids is 1. The van der Waals surface area contributed by atoms with Gasteiger partial charge in [-0.25, -0.2) is 4.79 Å². The zero-order valence-electron chi connectivity index (χ0n) is 16.3. The molecule has 1 fully saturated rings. The normalized spacial score (nSPS) is 27.0. The molecule has 1 aliphatic heterocycles. The average molecular weight is 418 g/mol. The second-order valence-corrected chi connectivity index (χ2v) is 7.37. The predicted octanol–water partition coefficient (Wildman–Crippen LogP) is 0.543. The van der Waals surface area contributed by atoms with E-state index in [1.165, 1.54) is 7.05 Å². The van der Waals surface area contributed by atoms with Crippen LogP contribution in [0.3, 0.4) is 0 Å². The highest BCUT2D eigenvalue weighted by molar-refractivity contribution is 7.45. The molecule has 5 atom stereocenters. The second-order valence-electron chi connectivity index (χ2n) is 6.17. The van der Waals surface area contributed by atoms with E-state index < -0.39 is 38.9 Å². The van der Waals surface area contributed by atoms with E-state index in [4.69, 9.17) is 14.5 Å². The molecule has 3 unspecified atom stereocenters. The number of hydrogen-bond acceptors (Lipinski definition) is 7. The summed E-state index contributed by atoms with van der Waals surface area (Å²) in [6, 6.07) is 6.58. The molecule has 0 radical (unpaired) electrons. The number of nitrogens with one attached hydrogen (secondary N) is 2. The molecule has 1 heterocycles. The summed E-state index contributed by atoms with van der Waals surface area (Å²) in [6.07, 6.45) is -4.99. The van der Waals surface area contributed by atoms with Gasteiger partial charge in [0.25, 0.3) is 0 Å². The van der Waals surface area contributed by atoms with Gasteiger partial charge in [-0.15, -0.1) is 0 Å². The first-order chi connectivity index (χ1) is 13.3. The van der Waals surface area contributed by atoms with E-state index in [1.807, 2.05) is 13.8 Å². The third-order valence-corrected chi connectivity index (χ3v) is 4.96. The summed E-state index contributed by atoms with van der Waals surface area (Å²) in [5, 5.41) is 35.3. The van der Waals surface area contributed by atoms with E-state index in [9.17, 15) is 20.1 Å². The molecule has 1 saturated heterocycles. The van der Waals surface area contributed by atoms with Gasteiger partial charge >= 0.3 is 6.03 Å². The van der Waals surface area contributed by atoms with Crippen molar-refractivity contribution in [2.75, 3.05) is 18.5 Å². The number of aliphatic hydroxyl groups is 3. The van der Waals surface area contributed by atoms with Crippen LogP contribution in [-0.2, 0) is 11.2 Å². The first-order valence-electron chi connectivity index (χ1n) is 9.24. The Kier molecular flexibility index (Phi) is 10.8. The van der Waals surface area contributed by atoms with Crippen LogP contribution in [0.25, 0.3) is 0 Å². The van der Waals surface area contributed by atoms with Crippen LogP contribution in [0.2, 0.25) is 0 Å². The third-order valence-electron chi connectivity index (χ3n) is 4.30. The van der Waals surface area contributed by atoms with Gasteiger partial charge < -0.3 is 40.5 Å². The van der Waals surface area contributed by atoms with Crippen molar-refractivity contribution in [1.82, 2.24) is 5.32 Å². The van der Waals surface area contributed by atoms with Crippen LogP contribution in [-0.4, -0.2) is 74.9 Å². The molecule has 1 aromatic carbocycles. The molecule has 7 N–H and O–H groups in total. The Morgan fingerprint density at radius 2 is 1.61 bits per heavy atom. The fourth-order valence-electron chi connectivity index (χ4n) is 2.83. The molecule has 0 saturated carbocycles. The van der Waals surface area contributed by atoms with Crippen LogP contribution < -0.4 is 10.6 Å². The first-order valence-corrected chi connectivity index (χ1v) is 10.7. The molecule has 0 aromatic heterocycles. The summed E-state index contributed by atoms with van der Waals surface area (Å²) >= 11 is 0. The molecule has 1 aromatic rings. The number of anilines is 1.